The quantitative estimate of drug-likeness (QED) is 0.823. The van der Waals surface area contributed by atoms with Gasteiger partial charge in [-0.3, -0.25) is 4.68 Å². The van der Waals surface area contributed by atoms with Crippen molar-refractivity contribution < 1.29 is 13.2 Å². The molecular weight excluding hydrogens is 304 g/mol. The lowest BCUT2D eigenvalue weighted by Crippen LogP contribution is -2.41. The summed E-state index contributed by atoms with van der Waals surface area (Å²) >= 11 is 0. The Morgan fingerprint density at radius 1 is 1.32 bits per heavy atom. The number of ether oxygens (including phenoxy) is 1. The van der Waals surface area contributed by atoms with Gasteiger partial charge in [-0.15, -0.1) is 0 Å². The summed E-state index contributed by atoms with van der Waals surface area (Å²) in [6, 6.07) is 7.30. The molecule has 0 saturated carbocycles. The number of rotatable bonds is 5. The lowest BCUT2D eigenvalue weighted by atomic mass is 10.1. The molecule has 7 nitrogen and oxygen atoms in total. The highest BCUT2D eigenvalue weighted by Crippen LogP contribution is 2.24. The molecule has 2 aromatic rings. The summed E-state index contributed by atoms with van der Waals surface area (Å²) < 4.78 is 32.6. The molecule has 2 aromatic heterocycles. The number of fused-ring (bicyclic) bond motifs is 1. The summed E-state index contributed by atoms with van der Waals surface area (Å²) in [6.45, 7) is 1.24. The van der Waals surface area contributed by atoms with Crippen molar-refractivity contribution in [1.29, 1.82) is 0 Å². The molecule has 0 amide bonds. The van der Waals surface area contributed by atoms with Gasteiger partial charge in [-0.25, -0.2) is 13.4 Å². The third kappa shape index (κ3) is 3.28. The molecule has 0 aliphatic carbocycles. The molecule has 0 unspecified atom stereocenters. The Labute approximate surface area is 129 Å². The maximum absolute atomic E-state index is 11.8. The Morgan fingerprint density at radius 3 is 2.91 bits per heavy atom. The van der Waals surface area contributed by atoms with Crippen LogP contribution in [0.15, 0.2) is 36.7 Å². The predicted molar refractivity (Wildman–Crippen MR) is 80.9 cm³/mol. The Bertz CT molecular complexity index is 730. The predicted octanol–water partition coefficient (Wildman–Crippen LogP) is 1.06. The van der Waals surface area contributed by atoms with E-state index in [1.165, 1.54) is 10.6 Å². The fraction of sp³-hybridized carbons (Fsp3) is 0.429. The molecule has 0 bridgehead atoms. The van der Waals surface area contributed by atoms with Gasteiger partial charge >= 0.3 is 0 Å². The molecule has 8 heteroatoms. The summed E-state index contributed by atoms with van der Waals surface area (Å²) in [6.07, 6.45) is 5.28. The fourth-order valence-corrected chi connectivity index (χ4v) is 3.36. The van der Waals surface area contributed by atoms with E-state index >= 15 is 0 Å². The lowest BCUT2D eigenvalue weighted by molar-refractivity contribution is 0.211. The van der Waals surface area contributed by atoms with Crippen LogP contribution in [-0.4, -0.2) is 46.9 Å². The molecule has 1 aliphatic rings. The summed E-state index contributed by atoms with van der Waals surface area (Å²) in [7, 11) is -3.22. The highest BCUT2D eigenvalue weighted by Gasteiger charge is 2.30. The SMILES string of the molecule is CS(=O)(=O)N1Cc2ccnn2[C@@H](CCOc2ccccn2)C1. The molecular formula is C14H18N4O3S. The first-order valence-corrected chi connectivity index (χ1v) is 8.90. The van der Waals surface area contributed by atoms with Gasteiger partial charge in [0.1, 0.15) is 0 Å². The first-order valence-electron chi connectivity index (χ1n) is 7.05. The normalized spacial score (nSPS) is 18.9. The van der Waals surface area contributed by atoms with Crippen LogP contribution in [0.1, 0.15) is 18.2 Å². The zero-order chi connectivity index (χ0) is 15.6. The first kappa shape index (κ1) is 15.0. The van der Waals surface area contributed by atoms with Crippen molar-refractivity contribution in [2.75, 3.05) is 19.4 Å². The van der Waals surface area contributed by atoms with Crippen LogP contribution >= 0.6 is 0 Å². The number of pyridine rings is 1. The number of hydrogen-bond acceptors (Lipinski definition) is 5. The van der Waals surface area contributed by atoms with Crippen LogP contribution in [0.3, 0.4) is 0 Å². The van der Waals surface area contributed by atoms with E-state index in [0.717, 1.165) is 5.69 Å². The van der Waals surface area contributed by atoms with Gasteiger partial charge in [0.2, 0.25) is 15.9 Å². The molecule has 3 rings (SSSR count). The maximum Gasteiger partial charge on any atom is 0.213 e. The molecule has 0 fully saturated rings. The van der Waals surface area contributed by atoms with Crippen molar-refractivity contribution in [1.82, 2.24) is 19.1 Å². The van der Waals surface area contributed by atoms with Crippen LogP contribution in [0.2, 0.25) is 0 Å². The van der Waals surface area contributed by atoms with Gasteiger partial charge in [0, 0.05) is 31.4 Å². The van der Waals surface area contributed by atoms with Gasteiger partial charge in [-0.2, -0.15) is 9.40 Å². The Kier molecular flexibility index (Phi) is 4.12. The zero-order valence-electron chi connectivity index (χ0n) is 12.3. The van der Waals surface area contributed by atoms with E-state index in [1.807, 2.05) is 22.9 Å². The number of hydrogen-bond donors (Lipinski definition) is 0. The van der Waals surface area contributed by atoms with E-state index in [2.05, 4.69) is 10.1 Å². The lowest BCUT2D eigenvalue weighted by Gasteiger charge is -2.32. The molecule has 3 heterocycles. The van der Waals surface area contributed by atoms with Crippen LogP contribution in [0.4, 0.5) is 0 Å². The summed E-state index contributed by atoms with van der Waals surface area (Å²) in [4.78, 5) is 4.10. The number of sulfonamides is 1. The topological polar surface area (TPSA) is 77.3 Å². The molecule has 0 saturated heterocycles. The highest BCUT2D eigenvalue weighted by atomic mass is 32.2. The van der Waals surface area contributed by atoms with Crippen molar-refractivity contribution >= 4 is 10.0 Å². The zero-order valence-corrected chi connectivity index (χ0v) is 13.1. The van der Waals surface area contributed by atoms with Gasteiger partial charge in [-0.05, 0) is 12.1 Å². The summed E-state index contributed by atoms with van der Waals surface area (Å²) in [5.74, 6) is 0.568. The van der Waals surface area contributed by atoms with Gasteiger partial charge in [0.05, 0.1) is 31.1 Å². The second kappa shape index (κ2) is 6.05. The van der Waals surface area contributed by atoms with Crippen LogP contribution < -0.4 is 4.74 Å². The monoisotopic (exact) mass is 322 g/mol. The Balaban J connectivity index is 1.67. The number of nitrogens with zero attached hydrogens (tertiary/aromatic N) is 4. The maximum atomic E-state index is 11.8. The minimum Gasteiger partial charge on any atom is -0.478 e. The van der Waals surface area contributed by atoms with Crippen LogP contribution in [0.25, 0.3) is 0 Å². The van der Waals surface area contributed by atoms with E-state index < -0.39 is 10.0 Å². The summed E-state index contributed by atoms with van der Waals surface area (Å²) in [5.41, 5.74) is 0.902. The van der Waals surface area contributed by atoms with Crippen molar-refractivity contribution in [3.8, 4) is 5.88 Å². The molecule has 1 atom stereocenters. The fourth-order valence-electron chi connectivity index (χ4n) is 2.55. The van der Waals surface area contributed by atoms with Crippen molar-refractivity contribution in [3.63, 3.8) is 0 Å². The van der Waals surface area contributed by atoms with Crippen molar-refractivity contribution in [2.24, 2.45) is 0 Å². The molecule has 118 valence electrons. The molecule has 0 spiro atoms. The van der Waals surface area contributed by atoms with Crippen molar-refractivity contribution in [3.05, 3.63) is 42.4 Å². The van der Waals surface area contributed by atoms with E-state index in [9.17, 15) is 8.42 Å². The van der Waals surface area contributed by atoms with Crippen LogP contribution in [0, 0.1) is 0 Å². The van der Waals surface area contributed by atoms with E-state index in [-0.39, 0.29) is 6.04 Å². The van der Waals surface area contributed by atoms with Gasteiger partial charge < -0.3 is 4.74 Å². The van der Waals surface area contributed by atoms with Gasteiger partial charge in [-0.1, -0.05) is 6.07 Å². The third-order valence-corrected chi connectivity index (χ3v) is 4.87. The summed E-state index contributed by atoms with van der Waals surface area (Å²) in [5, 5.41) is 4.30. The Hall–Kier alpha value is -1.93. The molecule has 0 aromatic carbocycles. The highest BCUT2D eigenvalue weighted by molar-refractivity contribution is 7.88. The first-order chi connectivity index (χ1) is 10.5. The van der Waals surface area contributed by atoms with E-state index in [0.29, 0.717) is 32.0 Å². The van der Waals surface area contributed by atoms with E-state index in [4.69, 9.17) is 4.74 Å². The molecule has 0 N–H and O–H groups in total. The number of aromatic nitrogens is 3. The average molecular weight is 322 g/mol. The molecule has 0 radical (unpaired) electrons. The second-order valence-corrected chi connectivity index (χ2v) is 7.26. The minimum atomic E-state index is -3.22. The second-order valence-electron chi connectivity index (χ2n) is 5.28. The third-order valence-electron chi connectivity index (χ3n) is 3.66. The molecule has 1 aliphatic heterocycles. The standard InChI is InChI=1S/C14H18N4O3S/c1-22(19,20)17-10-12-5-8-16-18(12)13(11-17)6-9-21-14-4-2-3-7-15-14/h2-5,7-8,13H,6,9-11H2,1H3/t13-/m0/s1. The smallest absolute Gasteiger partial charge is 0.213 e. The van der Waals surface area contributed by atoms with E-state index in [1.54, 1.807) is 18.5 Å². The Morgan fingerprint density at radius 2 is 2.18 bits per heavy atom. The largest absolute Gasteiger partial charge is 0.478 e. The minimum absolute atomic E-state index is 0.0304. The molecule has 22 heavy (non-hydrogen) atoms. The van der Waals surface area contributed by atoms with Crippen molar-refractivity contribution in [2.45, 2.75) is 19.0 Å². The van der Waals surface area contributed by atoms with Crippen LogP contribution in [-0.2, 0) is 16.6 Å². The van der Waals surface area contributed by atoms with Crippen LogP contribution in [0.5, 0.6) is 5.88 Å². The van der Waals surface area contributed by atoms with Gasteiger partial charge in [0.15, 0.2) is 0 Å². The van der Waals surface area contributed by atoms with Gasteiger partial charge in [0.25, 0.3) is 0 Å². The average Bonchev–Trinajstić information content (AvgIpc) is 2.96.